The van der Waals surface area contributed by atoms with E-state index in [9.17, 15) is 19.8 Å². The number of Topliss-reactive ketones (excluding diaryl/α,β-unsaturated/α-hetero) is 1. The molecule has 0 aliphatic carbocycles. The number of ether oxygens (including phenoxy) is 2. The van der Waals surface area contributed by atoms with Gasteiger partial charge in [0.2, 0.25) is 0 Å². The smallest absolute Gasteiger partial charge is 0.295 e. The molecule has 2 N–H and O–H groups in total. The van der Waals surface area contributed by atoms with Gasteiger partial charge >= 0.3 is 0 Å². The largest absolute Gasteiger partial charge is 0.507 e. The van der Waals surface area contributed by atoms with Crippen LogP contribution in [0.1, 0.15) is 37.9 Å². The van der Waals surface area contributed by atoms with Crippen LogP contribution in [0, 0.1) is 0 Å². The Hall–Kier alpha value is -3.23. The fraction of sp³-hybridized carbons (Fsp3) is 0.385. The molecule has 9 heteroatoms. The van der Waals surface area contributed by atoms with Crippen LogP contribution in [0.3, 0.4) is 0 Å². The highest BCUT2D eigenvalue weighted by molar-refractivity contribution is 6.46. The van der Waals surface area contributed by atoms with Crippen LogP contribution in [0.2, 0.25) is 5.02 Å². The number of likely N-dealkylation sites (tertiary alicyclic amines) is 1. The number of hydrogen-bond acceptors (Lipinski definition) is 7. The Balaban J connectivity index is 2.16. The number of hydrogen-bond donors (Lipinski definition) is 2. The lowest BCUT2D eigenvalue weighted by molar-refractivity contribution is -0.140. The van der Waals surface area contributed by atoms with E-state index in [2.05, 4.69) is 4.90 Å². The van der Waals surface area contributed by atoms with Crippen molar-refractivity contribution in [3.05, 3.63) is 58.1 Å². The number of phenolic OH excluding ortho intramolecular Hbond substituents is 1. The molecule has 0 aromatic heterocycles. The average molecular weight is 503 g/mol. The zero-order valence-corrected chi connectivity index (χ0v) is 21.1. The molecule has 1 atom stereocenters. The van der Waals surface area contributed by atoms with Gasteiger partial charge in [0.1, 0.15) is 11.5 Å². The Morgan fingerprint density at radius 1 is 1.09 bits per heavy atom. The minimum absolute atomic E-state index is 0.0519. The SMILES string of the molecule is CCOc1cc(C2/C(=C(/O)c3ccc(OC)c(Cl)c3)C(=O)C(=O)N2CCN(CC)CC)ccc1O. The Bertz CT molecular complexity index is 1130. The van der Waals surface area contributed by atoms with Crippen LogP contribution in [-0.4, -0.2) is 71.6 Å². The summed E-state index contributed by atoms with van der Waals surface area (Å²) < 4.78 is 10.7. The first-order chi connectivity index (χ1) is 16.8. The maximum atomic E-state index is 13.2. The van der Waals surface area contributed by atoms with Crippen molar-refractivity contribution in [2.75, 3.05) is 39.9 Å². The maximum absolute atomic E-state index is 13.2. The number of methoxy groups -OCH3 is 1. The van der Waals surface area contributed by atoms with Crippen molar-refractivity contribution >= 4 is 29.1 Å². The van der Waals surface area contributed by atoms with E-state index in [1.165, 1.54) is 24.1 Å². The van der Waals surface area contributed by atoms with Gasteiger partial charge in [-0.25, -0.2) is 0 Å². The van der Waals surface area contributed by atoms with Gasteiger partial charge in [-0.3, -0.25) is 9.59 Å². The highest BCUT2D eigenvalue weighted by atomic mass is 35.5. The molecule has 188 valence electrons. The molecule has 1 heterocycles. The summed E-state index contributed by atoms with van der Waals surface area (Å²) in [4.78, 5) is 30.0. The number of phenols is 1. The molecule has 1 aliphatic heterocycles. The molecule has 1 saturated heterocycles. The third-order valence-electron chi connectivity index (χ3n) is 6.12. The molecule has 2 aromatic carbocycles. The minimum Gasteiger partial charge on any atom is -0.507 e. The number of likely N-dealkylation sites (N-methyl/N-ethyl adjacent to an activating group) is 1. The van der Waals surface area contributed by atoms with Crippen molar-refractivity contribution in [1.29, 1.82) is 0 Å². The van der Waals surface area contributed by atoms with Crippen LogP contribution in [0.15, 0.2) is 42.0 Å². The Kier molecular flexibility index (Phi) is 8.64. The van der Waals surface area contributed by atoms with Crippen LogP contribution < -0.4 is 9.47 Å². The number of amides is 1. The number of carbonyl (C=O) groups excluding carboxylic acids is 2. The van der Waals surface area contributed by atoms with Crippen molar-refractivity contribution in [3.63, 3.8) is 0 Å². The Morgan fingerprint density at radius 2 is 1.80 bits per heavy atom. The Labute approximate surface area is 210 Å². The quantitative estimate of drug-likeness (QED) is 0.285. The maximum Gasteiger partial charge on any atom is 0.295 e. The summed E-state index contributed by atoms with van der Waals surface area (Å²) in [5.41, 5.74) is 0.765. The molecular formula is C26H31ClN2O6. The van der Waals surface area contributed by atoms with Gasteiger partial charge in [0, 0.05) is 18.7 Å². The molecule has 1 amide bonds. The van der Waals surface area contributed by atoms with Gasteiger partial charge in [0.25, 0.3) is 11.7 Å². The standard InChI is InChI=1S/C26H31ClN2O6/c1-5-28(6-2)12-13-29-23(16-8-10-19(30)21(15-16)35-7-3)22(25(32)26(29)33)24(31)17-9-11-20(34-4)18(27)14-17/h8-11,14-15,23,30-31H,5-7,12-13H2,1-4H3/b24-22-. The second-order valence-corrected chi connectivity index (χ2v) is 8.44. The Morgan fingerprint density at radius 3 is 2.40 bits per heavy atom. The van der Waals surface area contributed by atoms with Crippen LogP contribution in [0.25, 0.3) is 5.76 Å². The first-order valence-electron chi connectivity index (χ1n) is 11.6. The van der Waals surface area contributed by atoms with Crippen molar-refractivity contribution in [2.24, 2.45) is 0 Å². The van der Waals surface area contributed by atoms with E-state index in [-0.39, 0.29) is 40.0 Å². The van der Waals surface area contributed by atoms with E-state index in [1.54, 1.807) is 31.2 Å². The summed E-state index contributed by atoms with van der Waals surface area (Å²) in [6, 6.07) is 8.43. The molecule has 0 saturated carbocycles. The molecule has 0 bridgehead atoms. The second-order valence-electron chi connectivity index (χ2n) is 8.03. The summed E-state index contributed by atoms with van der Waals surface area (Å²) in [7, 11) is 1.48. The topological polar surface area (TPSA) is 99.5 Å². The lowest BCUT2D eigenvalue weighted by atomic mass is 9.95. The van der Waals surface area contributed by atoms with E-state index < -0.39 is 17.7 Å². The van der Waals surface area contributed by atoms with E-state index in [1.807, 2.05) is 13.8 Å². The van der Waals surface area contributed by atoms with Crippen LogP contribution in [-0.2, 0) is 9.59 Å². The number of nitrogens with zero attached hydrogens (tertiary/aromatic N) is 2. The lowest BCUT2D eigenvalue weighted by Crippen LogP contribution is -2.38. The fourth-order valence-corrected chi connectivity index (χ4v) is 4.44. The van der Waals surface area contributed by atoms with E-state index in [0.717, 1.165) is 13.1 Å². The summed E-state index contributed by atoms with van der Waals surface area (Å²) in [6.45, 7) is 8.59. The molecule has 2 aromatic rings. The van der Waals surface area contributed by atoms with Crippen LogP contribution in [0.4, 0.5) is 0 Å². The van der Waals surface area contributed by atoms with Gasteiger partial charge in [-0.2, -0.15) is 0 Å². The van der Waals surface area contributed by atoms with Gasteiger partial charge in [0.15, 0.2) is 11.5 Å². The number of aromatic hydroxyl groups is 1. The normalized spacial score (nSPS) is 17.3. The van der Waals surface area contributed by atoms with Crippen molar-refractivity contribution < 1.29 is 29.3 Å². The third-order valence-corrected chi connectivity index (χ3v) is 6.41. The van der Waals surface area contributed by atoms with Gasteiger partial charge in [-0.1, -0.05) is 31.5 Å². The molecule has 1 unspecified atom stereocenters. The van der Waals surface area contributed by atoms with Crippen molar-refractivity contribution in [1.82, 2.24) is 9.80 Å². The number of carbonyl (C=O) groups is 2. The first-order valence-corrected chi connectivity index (χ1v) is 11.9. The number of rotatable bonds is 10. The predicted molar refractivity (Wildman–Crippen MR) is 134 cm³/mol. The number of aliphatic hydroxyl groups excluding tert-OH is 1. The number of benzene rings is 2. The molecule has 1 aliphatic rings. The number of aliphatic hydroxyl groups is 1. The zero-order chi connectivity index (χ0) is 25.7. The zero-order valence-electron chi connectivity index (χ0n) is 20.4. The van der Waals surface area contributed by atoms with Crippen LogP contribution >= 0.6 is 11.6 Å². The first kappa shape index (κ1) is 26.4. The molecule has 35 heavy (non-hydrogen) atoms. The highest BCUT2D eigenvalue weighted by Gasteiger charge is 2.46. The van der Waals surface area contributed by atoms with Crippen molar-refractivity contribution in [2.45, 2.75) is 26.8 Å². The van der Waals surface area contributed by atoms with Crippen LogP contribution in [0.5, 0.6) is 17.2 Å². The molecule has 1 fully saturated rings. The van der Waals surface area contributed by atoms with Gasteiger partial charge in [0.05, 0.1) is 30.4 Å². The average Bonchev–Trinajstić information content (AvgIpc) is 3.10. The molecular weight excluding hydrogens is 472 g/mol. The van der Waals surface area contributed by atoms with E-state index in [0.29, 0.717) is 24.5 Å². The molecule has 0 radical (unpaired) electrons. The van der Waals surface area contributed by atoms with Crippen molar-refractivity contribution in [3.8, 4) is 17.2 Å². The van der Waals surface area contributed by atoms with Gasteiger partial charge in [-0.15, -0.1) is 0 Å². The predicted octanol–water partition coefficient (Wildman–Crippen LogP) is 4.22. The van der Waals surface area contributed by atoms with Gasteiger partial charge < -0.3 is 29.5 Å². The third kappa shape index (κ3) is 5.39. The summed E-state index contributed by atoms with van der Waals surface area (Å²) in [5.74, 6) is -1.24. The minimum atomic E-state index is -0.869. The second kappa shape index (κ2) is 11.5. The fourth-order valence-electron chi connectivity index (χ4n) is 4.19. The lowest BCUT2D eigenvalue weighted by Gasteiger charge is -2.28. The summed E-state index contributed by atoms with van der Waals surface area (Å²) in [6.07, 6.45) is 0. The summed E-state index contributed by atoms with van der Waals surface area (Å²) >= 11 is 6.25. The van der Waals surface area contributed by atoms with E-state index >= 15 is 0 Å². The molecule has 0 spiro atoms. The van der Waals surface area contributed by atoms with Gasteiger partial charge in [-0.05, 0) is 55.9 Å². The van der Waals surface area contributed by atoms with E-state index in [4.69, 9.17) is 21.1 Å². The summed E-state index contributed by atoms with van der Waals surface area (Å²) in [5, 5.41) is 21.7. The number of ketones is 1. The highest BCUT2D eigenvalue weighted by Crippen LogP contribution is 2.42. The number of halogens is 1. The molecule has 3 rings (SSSR count). The monoisotopic (exact) mass is 502 g/mol. The molecule has 8 nitrogen and oxygen atoms in total.